The molecule has 0 radical (unpaired) electrons. The third-order valence-electron chi connectivity index (χ3n) is 2.22. The van der Waals surface area contributed by atoms with E-state index in [2.05, 4.69) is 4.99 Å². The van der Waals surface area contributed by atoms with Crippen molar-refractivity contribution in [2.75, 3.05) is 0 Å². The van der Waals surface area contributed by atoms with Crippen molar-refractivity contribution < 1.29 is 4.42 Å². The summed E-state index contributed by atoms with van der Waals surface area (Å²) < 4.78 is 5.74. The molecule has 0 saturated heterocycles. The first-order valence-corrected chi connectivity index (χ1v) is 5.82. The van der Waals surface area contributed by atoms with Gasteiger partial charge in [-0.2, -0.15) is 0 Å². The fourth-order valence-electron chi connectivity index (χ4n) is 1.62. The van der Waals surface area contributed by atoms with Gasteiger partial charge in [0.15, 0.2) is 0 Å². The number of aliphatic imine (C=N–C) groups is 1. The minimum Gasteiger partial charge on any atom is -0.438 e. The maximum absolute atomic E-state index is 5.74. The maximum Gasteiger partial charge on any atom is 0.226 e. The van der Waals surface area contributed by atoms with E-state index in [4.69, 9.17) is 4.42 Å². The smallest absolute Gasteiger partial charge is 0.226 e. The van der Waals surface area contributed by atoms with Crippen molar-refractivity contribution in [1.82, 2.24) is 0 Å². The third-order valence-corrected chi connectivity index (χ3v) is 2.22. The normalized spacial score (nSPS) is 12.9. The van der Waals surface area contributed by atoms with Gasteiger partial charge < -0.3 is 4.42 Å². The van der Waals surface area contributed by atoms with Crippen LogP contribution in [0.5, 0.6) is 0 Å². The van der Waals surface area contributed by atoms with Crippen LogP contribution >= 0.6 is 0 Å². The summed E-state index contributed by atoms with van der Waals surface area (Å²) in [5, 5.41) is 0. The molecule has 1 rings (SSSR count). The van der Waals surface area contributed by atoms with Gasteiger partial charge in [0, 0.05) is 17.3 Å². The van der Waals surface area contributed by atoms with Gasteiger partial charge in [0.2, 0.25) is 5.88 Å². The van der Waals surface area contributed by atoms with E-state index in [1.54, 1.807) is 6.21 Å². The highest BCUT2D eigenvalue weighted by atomic mass is 16.4. The summed E-state index contributed by atoms with van der Waals surface area (Å²) in [6.07, 6.45) is 13.7. The monoisotopic (exact) mass is 229 g/mol. The number of furan rings is 1. The molecular formula is C15H19NO. The minimum absolute atomic E-state index is 0.659. The van der Waals surface area contributed by atoms with Gasteiger partial charge in [0.1, 0.15) is 5.76 Å². The Morgan fingerprint density at radius 1 is 0.824 bits per heavy atom. The van der Waals surface area contributed by atoms with E-state index in [1.165, 1.54) is 0 Å². The van der Waals surface area contributed by atoms with Gasteiger partial charge in [0.05, 0.1) is 0 Å². The van der Waals surface area contributed by atoms with Gasteiger partial charge in [-0.05, 0) is 33.8 Å². The highest BCUT2D eigenvalue weighted by Crippen LogP contribution is 2.33. The van der Waals surface area contributed by atoms with Crippen LogP contribution in [0.2, 0.25) is 0 Å². The van der Waals surface area contributed by atoms with Crippen molar-refractivity contribution in [1.29, 1.82) is 0 Å². The van der Waals surface area contributed by atoms with Gasteiger partial charge in [0.25, 0.3) is 0 Å². The lowest BCUT2D eigenvalue weighted by atomic mass is 10.1. The standard InChI is InChI=1S/C15H19NO/c1-5-9-12-13(10-6-2)15(16-8-4)17-14(12)11-7-3/h5-11H,1-4H3/b9-5-,10-6-,11-7-,16-8?. The molecule has 1 aromatic rings. The summed E-state index contributed by atoms with van der Waals surface area (Å²) in [4.78, 5) is 4.26. The van der Waals surface area contributed by atoms with Crippen LogP contribution < -0.4 is 0 Å². The van der Waals surface area contributed by atoms with E-state index in [0.29, 0.717) is 5.88 Å². The van der Waals surface area contributed by atoms with Crippen molar-refractivity contribution in [2.24, 2.45) is 4.99 Å². The van der Waals surface area contributed by atoms with E-state index in [9.17, 15) is 0 Å². The summed E-state index contributed by atoms with van der Waals surface area (Å²) in [6, 6.07) is 0. The van der Waals surface area contributed by atoms with E-state index in [-0.39, 0.29) is 0 Å². The highest BCUT2D eigenvalue weighted by molar-refractivity contribution is 5.78. The molecule has 0 fully saturated rings. The van der Waals surface area contributed by atoms with Gasteiger partial charge >= 0.3 is 0 Å². The van der Waals surface area contributed by atoms with Crippen molar-refractivity contribution in [2.45, 2.75) is 27.7 Å². The second-order valence-electron chi connectivity index (χ2n) is 3.49. The van der Waals surface area contributed by atoms with Gasteiger partial charge in [-0.15, -0.1) is 0 Å². The Bertz CT molecular complexity index is 431. The van der Waals surface area contributed by atoms with Crippen molar-refractivity contribution >= 4 is 30.3 Å². The number of nitrogens with zero attached hydrogens (tertiary/aromatic N) is 1. The van der Waals surface area contributed by atoms with Crippen LogP contribution in [0.1, 0.15) is 44.6 Å². The maximum atomic E-state index is 5.74. The number of hydrogen-bond donors (Lipinski definition) is 0. The first-order valence-electron chi connectivity index (χ1n) is 5.82. The zero-order chi connectivity index (χ0) is 12.7. The Morgan fingerprint density at radius 3 is 1.94 bits per heavy atom. The zero-order valence-electron chi connectivity index (χ0n) is 10.9. The lowest BCUT2D eigenvalue weighted by molar-refractivity contribution is 0.567. The summed E-state index contributed by atoms with van der Waals surface area (Å²) in [7, 11) is 0. The zero-order valence-corrected chi connectivity index (χ0v) is 10.9. The fraction of sp³-hybridized carbons (Fsp3) is 0.267. The predicted molar refractivity (Wildman–Crippen MR) is 76.7 cm³/mol. The molecule has 0 unspecified atom stereocenters. The number of allylic oxidation sites excluding steroid dienone is 3. The molecule has 1 heterocycles. The molecule has 17 heavy (non-hydrogen) atoms. The van der Waals surface area contributed by atoms with Crippen LogP contribution in [0.25, 0.3) is 18.2 Å². The van der Waals surface area contributed by atoms with Crippen molar-refractivity contribution in [3.8, 4) is 0 Å². The van der Waals surface area contributed by atoms with Gasteiger partial charge in [-0.25, -0.2) is 4.99 Å². The molecular weight excluding hydrogens is 210 g/mol. The first-order chi connectivity index (χ1) is 8.28. The molecule has 90 valence electrons. The predicted octanol–water partition coefficient (Wildman–Crippen LogP) is 5.10. The van der Waals surface area contributed by atoms with Crippen LogP contribution in [0.3, 0.4) is 0 Å². The molecule has 0 spiro atoms. The second-order valence-corrected chi connectivity index (χ2v) is 3.49. The van der Waals surface area contributed by atoms with Crippen LogP contribution in [0, 0.1) is 0 Å². The lowest BCUT2D eigenvalue weighted by Gasteiger charge is -1.92. The van der Waals surface area contributed by atoms with Crippen LogP contribution in [-0.4, -0.2) is 6.21 Å². The van der Waals surface area contributed by atoms with E-state index >= 15 is 0 Å². The van der Waals surface area contributed by atoms with Crippen LogP contribution in [0.15, 0.2) is 27.6 Å². The molecule has 2 heteroatoms. The molecule has 0 saturated carbocycles. The molecule has 2 nitrogen and oxygen atoms in total. The van der Waals surface area contributed by atoms with Crippen molar-refractivity contribution in [3.63, 3.8) is 0 Å². The van der Waals surface area contributed by atoms with E-state index in [0.717, 1.165) is 16.9 Å². The molecule has 0 N–H and O–H groups in total. The topological polar surface area (TPSA) is 25.5 Å². The molecule has 0 aromatic carbocycles. The third kappa shape index (κ3) is 3.06. The molecule has 0 aliphatic carbocycles. The summed E-state index contributed by atoms with van der Waals surface area (Å²) >= 11 is 0. The Morgan fingerprint density at radius 2 is 1.41 bits per heavy atom. The SMILES string of the molecule is CC=Nc1oc(/C=C\C)c(/C=C\C)c1/C=C\C. The summed E-state index contributed by atoms with van der Waals surface area (Å²) in [6.45, 7) is 7.84. The van der Waals surface area contributed by atoms with Gasteiger partial charge in [-0.3, -0.25) is 0 Å². The lowest BCUT2D eigenvalue weighted by Crippen LogP contribution is -1.76. The van der Waals surface area contributed by atoms with E-state index < -0.39 is 0 Å². The van der Waals surface area contributed by atoms with E-state index in [1.807, 2.05) is 64.2 Å². The first kappa shape index (κ1) is 13.2. The average molecular weight is 229 g/mol. The summed E-state index contributed by atoms with van der Waals surface area (Å²) in [5.41, 5.74) is 2.10. The van der Waals surface area contributed by atoms with Crippen LogP contribution in [0.4, 0.5) is 5.88 Å². The number of rotatable bonds is 4. The quantitative estimate of drug-likeness (QED) is 0.659. The van der Waals surface area contributed by atoms with Gasteiger partial charge in [-0.1, -0.05) is 30.4 Å². The molecule has 0 bridgehead atoms. The number of hydrogen-bond acceptors (Lipinski definition) is 2. The Hall–Kier alpha value is -1.83. The Kier molecular flexibility index (Phi) is 5.21. The molecule has 0 amide bonds. The second kappa shape index (κ2) is 6.69. The van der Waals surface area contributed by atoms with Crippen molar-refractivity contribution in [3.05, 3.63) is 35.1 Å². The molecule has 0 aliphatic heterocycles. The highest BCUT2D eigenvalue weighted by Gasteiger charge is 2.13. The fourth-order valence-corrected chi connectivity index (χ4v) is 1.62. The molecule has 0 atom stereocenters. The molecule has 1 aromatic heterocycles. The average Bonchev–Trinajstić information content (AvgIpc) is 2.61. The molecule has 0 aliphatic rings. The minimum atomic E-state index is 0.659. The van der Waals surface area contributed by atoms with Crippen LogP contribution in [-0.2, 0) is 0 Å². The Balaban J connectivity index is 3.47. The Labute approximate surface area is 103 Å². The summed E-state index contributed by atoms with van der Waals surface area (Å²) in [5.74, 6) is 1.51. The largest absolute Gasteiger partial charge is 0.438 e.